The third kappa shape index (κ3) is 1.87. The van der Waals surface area contributed by atoms with Crippen LogP contribution in [0.1, 0.15) is 19.8 Å². The number of hydrogen-bond acceptors (Lipinski definition) is 3. The number of nitrogens with two attached hydrogens (primary N) is 1. The summed E-state index contributed by atoms with van der Waals surface area (Å²) in [6.45, 7) is 3.39. The van der Waals surface area contributed by atoms with E-state index in [2.05, 4.69) is 17.9 Å². The van der Waals surface area contributed by atoms with Crippen LogP contribution in [0.25, 0.3) is 0 Å². The van der Waals surface area contributed by atoms with Crippen molar-refractivity contribution in [2.75, 3.05) is 24.3 Å². The first-order valence-electron chi connectivity index (χ1n) is 5.42. The maximum Gasteiger partial charge on any atom is 0.141 e. The number of benzene rings is 1. The lowest BCUT2D eigenvalue weighted by molar-refractivity contribution is 0.417. The van der Waals surface area contributed by atoms with Gasteiger partial charge >= 0.3 is 0 Å². The minimum Gasteiger partial charge on any atom is -0.495 e. The first-order valence-corrected chi connectivity index (χ1v) is 5.42. The Morgan fingerprint density at radius 2 is 2.27 bits per heavy atom. The number of nitrogens with zero attached hydrogens (tertiary/aromatic N) is 1. The molecule has 1 fully saturated rings. The lowest BCUT2D eigenvalue weighted by Crippen LogP contribution is -2.26. The largest absolute Gasteiger partial charge is 0.495 e. The molecule has 3 heteroatoms. The minimum absolute atomic E-state index is 0.623. The summed E-state index contributed by atoms with van der Waals surface area (Å²) in [4.78, 5) is 2.40. The molecule has 1 atom stereocenters. The molecule has 1 aromatic rings. The summed E-state index contributed by atoms with van der Waals surface area (Å²) in [6, 6.07) is 6.64. The normalized spacial score (nSPS) is 20.7. The number of ether oxygens (including phenoxy) is 1. The third-order valence-corrected chi connectivity index (χ3v) is 3.10. The van der Waals surface area contributed by atoms with Crippen molar-refractivity contribution in [3.05, 3.63) is 18.2 Å². The number of hydrogen-bond donors (Lipinski definition) is 1. The fourth-order valence-corrected chi connectivity index (χ4v) is 2.22. The van der Waals surface area contributed by atoms with Gasteiger partial charge in [-0.3, -0.25) is 0 Å². The van der Waals surface area contributed by atoms with Gasteiger partial charge in [0.1, 0.15) is 5.75 Å². The van der Waals surface area contributed by atoms with Crippen LogP contribution in [0.15, 0.2) is 18.2 Å². The van der Waals surface area contributed by atoms with Crippen LogP contribution in [0.5, 0.6) is 5.75 Å². The van der Waals surface area contributed by atoms with Gasteiger partial charge in [0.15, 0.2) is 0 Å². The quantitative estimate of drug-likeness (QED) is 0.754. The van der Waals surface area contributed by atoms with Crippen LogP contribution in [-0.4, -0.2) is 19.7 Å². The second kappa shape index (κ2) is 4.01. The molecule has 15 heavy (non-hydrogen) atoms. The van der Waals surface area contributed by atoms with Gasteiger partial charge in [-0.05, 0) is 38.0 Å². The standard InChI is InChI=1S/C12H18N2O/c1-9-4-3-7-14(9)10-5-6-12(15-2)11(13)8-10/h5-6,8-9H,3-4,7,13H2,1-2H3. The van der Waals surface area contributed by atoms with Crippen LogP contribution < -0.4 is 15.4 Å². The molecule has 0 spiro atoms. The van der Waals surface area contributed by atoms with Gasteiger partial charge in [0, 0.05) is 18.3 Å². The van der Waals surface area contributed by atoms with Gasteiger partial charge in [-0.2, -0.15) is 0 Å². The van der Waals surface area contributed by atoms with E-state index in [9.17, 15) is 0 Å². The highest BCUT2D eigenvalue weighted by Crippen LogP contribution is 2.30. The highest BCUT2D eigenvalue weighted by molar-refractivity contribution is 5.63. The second-order valence-electron chi connectivity index (χ2n) is 4.11. The van der Waals surface area contributed by atoms with Gasteiger partial charge in [-0.15, -0.1) is 0 Å². The first-order chi connectivity index (χ1) is 7.22. The van der Waals surface area contributed by atoms with Crippen LogP contribution >= 0.6 is 0 Å². The zero-order chi connectivity index (χ0) is 10.8. The van der Waals surface area contributed by atoms with E-state index in [0.717, 1.165) is 12.3 Å². The molecule has 1 aromatic carbocycles. The molecule has 3 nitrogen and oxygen atoms in total. The zero-order valence-corrected chi connectivity index (χ0v) is 9.36. The smallest absolute Gasteiger partial charge is 0.141 e. The van der Waals surface area contributed by atoms with Gasteiger partial charge in [0.05, 0.1) is 12.8 Å². The van der Waals surface area contributed by atoms with Crippen LogP contribution in [0.3, 0.4) is 0 Å². The Hall–Kier alpha value is -1.38. The summed E-state index contributed by atoms with van der Waals surface area (Å²) in [5.74, 6) is 0.755. The summed E-state index contributed by atoms with van der Waals surface area (Å²) in [6.07, 6.45) is 2.54. The summed E-state index contributed by atoms with van der Waals surface area (Å²) in [7, 11) is 1.64. The number of anilines is 2. The Labute approximate surface area is 90.8 Å². The van der Waals surface area contributed by atoms with Crippen molar-refractivity contribution in [3.63, 3.8) is 0 Å². The SMILES string of the molecule is COc1ccc(N2CCCC2C)cc1N. The van der Waals surface area contributed by atoms with Crippen LogP contribution in [0, 0.1) is 0 Å². The summed E-state index contributed by atoms with van der Waals surface area (Å²) < 4.78 is 5.15. The minimum atomic E-state index is 0.623. The molecule has 2 N–H and O–H groups in total. The lowest BCUT2D eigenvalue weighted by Gasteiger charge is -2.24. The zero-order valence-electron chi connectivity index (χ0n) is 9.36. The van der Waals surface area contributed by atoms with Crippen molar-refractivity contribution in [1.82, 2.24) is 0 Å². The summed E-state index contributed by atoms with van der Waals surface area (Å²) in [5.41, 5.74) is 7.82. The van der Waals surface area contributed by atoms with E-state index in [1.165, 1.54) is 18.5 Å². The van der Waals surface area contributed by atoms with Gasteiger partial charge < -0.3 is 15.4 Å². The molecule has 82 valence electrons. The van der Waals surface area contributed by atoms with Crippen molar-refractivity contribution in [3.8, 4) is 5.75 Å². The predicted octanol–water partition coefficient (Wildman–Crippen LogP) is 2.27. The molecule has 1 heterocycles. The van der Waals surface area contributed by atoms with Crippen molar-refractivity contribution < 1.29 is 4.74 Å². The van der Waals surface area contributed by atoms with Crippen molar-refractivity contribution >= 4 is 11.4 Å². The summed E-state index contributed by atoms with van der Waals surface area (Å²) in [5, 5.41) is 0. The Balaban J connectivity index is 2.25. The predicted molar refractivity (Wildman–Crippen MR) is 63.4 cm³/mol. The molecule has 0 radical (unpaired) electrons. The van der Waals surface area contributed by atoms with E-state index >= 15 is 0 Å². The van der Waals surface area contributed by atoms with Crippen LogP contribution in [0.2, 0.25) is 0 Å². The Morgan fingerprint density at radius 3 is 2.80 bits per heavy atom. The molecule has 2 rings (SSSR count). The van der Waals surface area contributed by atoms with Gasteiger partial charge in [0.25, 0.3) is 0 Å². The van der Waals surface area contributed by atoms with E-state index in [1.54, 1.807) is 7.11 Å². The molecular formula is C12H18N2O. The maximum absolute atomic E-state index is 5.89. The van der Waals surface area contributed by atoms with Gasteiger partial charge in [-0.1, -0.05) is 0 Å². The highest BCUT2D eigenvalue weighted by Gasteiger charge is 2.20. The van der Waals surface area contributed by atoms with E-state index in [-0.39, 0.29) is 0 Å². The molecular weight excluding hydrogens is 188 g/mol. The van der Waals surface area contributed by atoms with E-state index in [1.807, 2.05) is 12.1 Å². The topological polar surface area (TPSA) is 38.5 Å². The lowest BCUT2D eigenvalue weighted by atomic mass is 10.2. The monoisotopic (exact) mass is 206 g/mol. The van der Waals surface area contributed by atoms with Crippen molar-refractivity contribution in [2.24, 2.45) is 0 Å². The van der Waals surface area contributed by atoms with Crippen molar-refractivity contribution in [1.29, 1.82) is 0 Å². The molecule has 1 saturated heterocycles. The van der Waals surface area contributed by atoms with Crippen LogP contribution in [-0.2, 0) is 0 Å². The highest BCUT2D eigenvalue weighted by atomic mass is 16.5. The Kier molecular flexibility index (Phi) is 2.71. The number of rotatable bonds is 2. The first kappa shape index (κ1) is 10.1. The van der Waals surface area contributed by atoms with E-state index in [0.29, 0.717) is 11.7 Å². The fraction of sp³-hybridized carbons (Fsp3) is 0.500. The molecule has 0 bridgehead atoms. The average Bonchev–Trinajstić information content (AvgIpc) is 2.64. The third-order valence-electron chi connectivity index (χ3n) is 3.10. The van der Waals surface area contributed by atoms with E-state index < -0.39 is 0 Å². The van der Waals surface area contributed by atoms with Gasteiger partial charge in [-0.25, -0.2) is 0 Å². The van der Waals surface area contributed by atoms with Gasteiger partial charge in [0.2, 0.25) is 0 Å². The average molecular weight is 206 g/mol. The molecule has 0 saturated carbocycles. The molecule has 1 unspecified atom stereocenters. The molecule has 0 aliphatic carbocycles. The molecule has 0 amide bonds. The Bertz CT molecular complexity index is 351. The van der Waals surface area contributed by atoms with Crippen molar-refractivity contribution in [2.45, 2.75) is 25.8 Å². The second-order valence-corrected chi connectivity index (χ2v) is 4.11. The van der Waals surface area contributed by atoms with Crippen LogP contribution in [0.4, 0.5) is 11.4 Å². The fourth-order valence-electron chi connectivity index (χ4n) is 2.22. The number of methoxy groups -OCH3 is 1. The molecule has 1 aliphatic rings. The maximum atomic E-state index is 5.89. The molecule has 0 aromatic heterocycles. The van der Waals surface area contributed by atoms with E-state index in [4.69, 9.17) is 10.5 Å². The number of nitrogen functional groups attached to an aromatic ring is 1. The Morgan fingerprint density at radius 1 is 1.47 bits per heavy atom. The summed E-state index contributed by atoms with van der Waals surface area (Å²) >= 11 is 0. The molecule has 1 aliphatic heterocycles.